The average Bonchev–Trinajstić information content (AvgIpc) is 2.47. The zero-order valence-corrected chi connectivity index (χ0v) is 11.2. The van der Waals surface area contributed by atoms with Crippen LogP contribution in [0.4, 0.5) is 0 Å². The first-order valence-corrected chi connectivity index (χ1v) is 6.00. The Morgan fingerprint density at radius 1 is 1.63 bits per heavy atom. The molecule has 0 heterocycles. The Morgan fingerprint density at radius 2 is 2.37 bits per heavy atom. The molecule has 1 aromatic rings. The first kappa shape index (κ1) is 14.9. The number of hydrogen-bond donors (Lipinski definition) is 3. The van der Waals surface area contributed by atoms with Gasteiger partial charge in [-0.25, -0.2) is 0 Å². The zero-order valence-electron chi connectivity index (χ0n) is 11.2. The molecule has 0 spiro atoms. The number of amidine groups is 1. The van der Waals surface area contributed by atoms with Crippen LogP contribution in [0.5, 0.6) is 5.75 Å². The summed E-state index contributed by atoms with van der Waals surface area (Å²) in [6, 6.07) is 5.52. The maximum atomic E-state index is 8.69. The summed E-state index contributed by atoms with van der Waals surface area (Å²) >= 11 is 0. The van der Waals surface area contributed by atoms with Gasteiger partial charge in [0.2, 0.25) is 0 Å². The zero-order chi connectivity index (χ0) is 14.3. The standard InChI is InChI=1S/C14H19N3O2/c1-4-11(5-2)16-9-10-6-7-12(14(15)17-18)13(8-10)19-3/h1,6-8,11,16,18H,5,9H2,2-3H3,(H2,15,17). The third kappa shape index (κ3) is 3.90. The summed E-state index contributed by atoms with van der Waals surface area (Å²) in [6.45, 7) is 2.66. The van der Waals surface area contributed by atoms with E-state index in [0.717, 1.165) is 12.0 Å². The van der Waals surface area contributed by atoms with E-state index < -0.39 is 0 Å². The van der Waals surface area contributed by atoms with E-state index in [1.54, 1.807) is 6.07 Å². The molecule has 0 aliphatic rings. The second-order valence-electron chi connectivity index (χ2n) is 4.03. The van der Waals surface area contributed by atoms with Crippen molar-refractivity contribution in [1.82, 2.24) is 5.32 Å². The number of terminal acetylenes is 1. The molecule has 5 heteroatoms. The minimum Gasteiger partial charge on any atom is -0.496 e. The fourth-order valence-corrected chi connectivity index (χ4v) is 1.67. The summed E-state index contributed by atoms with van der Waals surface area (Å²) in [5, 5.41) is 14.9. The molecule has 5 nitrogen and oxygen atoms in total. The minimum atomic E-state index is 0.0198. The van der Waals surface area contributed by atoms with E-state index in [1.807, 2.05) is 19.1 Å². The number of methoxy groups -OCH3 is 1. The predicted octanol–water partition coefficient (Wildman–Crippen LogP) is 1.29. The Labute approximate surface area is 113 Å². The van der Waals surface area contributed by atoms with Gasteiger partial charge in [0, 0.05) is 6.54 Å². The lowest BCUT2D eigenvalue weighted by Gasteiger charge is -2.13. The van der Waals surface area contributed by atoms with Gasteiger partial charge in [-0.3, -0.25) is 5.32 Å². The number of rotatable bonds is 6. The van der Waals surface area contributed by atoms with Crippen molar-refractivity contribution >= 4 is 5.84 Å². The molecule has 0 saturated heterocycles. The third-order valence-electron chi connectivity index (χ3n) is 2.81. The molecule has 0 aliphatic carbocycles. The number of nitrogens with one attached hydrogen (secondary N) is 1. The highest BCUT2D eigenvalue weighted by Crippen LogP contribution is 2.20. The van der Waals surface area contributed by atoms with Gasteiger partial charge in [-0.1, -0.05) is 24.1 Å². The predicted molar refractivity (Wildman–Crippen MR) is 75.3 cm³/mol. The van der Waals surface area contributed by atoms with Crippen molar-refractivity contribution in [3.63, 3.8) is 0 Å². The van der Waals surface area contributed by atoms with Crippen LogP contribution in [0.25, 0.3) is 0 Å². The highest BCUT2D eigenvalue weighted by Gasteiger charge is 2.09. The van der Waals surface area contributed by atoms with Crippen LogP contribution in [0.2, 0.25) is 0 Å². The van der Waals surface area contributed by atoms with Gasteiger partial charge >= 0.3 is 0 Å². The summed E-state index contributed by atoms with van der Waals surface area (Å²) < 4.78 is 5.23. The fraction of sp³-hybridized carbons (Fsp3) is 0.357. The van der Waals surface area contributed by atoms with Gasteiger partial charge in [-0.15, -0.1) is 6.42 Å². The molecule has 0 amide bonds. The second kappa shape index (κ2) is 7.29. The molecule has 0 saturated carbocycles. The largest absolute Gasteiger partial charge is 0.496 e. The molecular formula is C14H19N3O2. The quantitative estimate of drug-likeness (QED) is 0.237. The number of hydrogen-bond acceptors (Lipinski definition) is 4. The van der Waals surface area contributed by atoms with Crippen LogP contribution in [0.3, 0.4) is 0 Å². The Morgan fingerprint density at radius 3 is 2.89 bits per heavy atom. The van der Waals surface area contributed by atoms with Gasteiger partial charge in [0.15, 0.2) is 5.84 Å². The second-order valence-corrected chi connectivity index (χ2v) is 4.03. The normalized spacial score (nSPS) is 12.8. The minimum absolute atomic E-state index is 0.0198. The smallest absolute Gasteiger partial charge is 0.173 e. The molecule has 1 unspecified atom stereocenters. The summed E-state index contributed by atoms with van der Waals surface area (Å²) in [6.07, 6.45) is 6.26. The number of nitrogens with zero attached hydrogens (tertiary/aromatic N) is 1. The third-order valence-corrected chi connectivity index (χ3v) is 2.81. The average molecular weight is 261 g/mol. The topological polar surface area (TPSA) is 79.9 Å². The molecule has 0 aromatic heterocycles. The van der Waals surface area contributed by atoms with Gasteiger partial charge in [0.25, 0.3) is 0 Å². The number of oxime groups is 1. The summed E-state index contributed by atoms with van der Waals surface area (Å²) in [7, 11) is 1.54. The molecule has 1 rings (SSSR count). The lowest BCUT2D eigenvalue weighted by atomic mass is 10.1. The SMILES string of the molecule is C#CC(CC)NCc1ccc(/C(N)=N/O)c(OC)c1. The monoisotopic (exact) mass is 261 g/mol. The summed E-state index contributed by atoms with van der Waals surface area (Å²) in [4.78, 5) is 0. The molecule has 1 atom stereocenters. The molecule has 0 fully saturated rings. The molecule has 102 valence electrons. The van der Waals surface area contributed by atoms with Crippen molar-refractivity contribution in [3.05, 3.63) is 29.3 Å². The first-order chi connectivity index (χ1) is 9.15. The van der Waals surface area contributed by atoms with E-state index in [0.29, 0.717) is 17.9 Å². The molecule has 0 bridgehead atoms. The Hall–Kier alpha value is -2.19. The molecule has 19 heavy (non-hydrogen) atoms. The van der Waals surface area contributed by atoms with Crippen LogP contribution in [0, 0.1) is 12.3 Å². The summed E-state index contributed by atoms with van der Waals surface area (Å²) in [5.41, 5.74) is 7.13. The van der Waals surface area contributed by atoms with Crippen LogP contribution in [0.15, 0.2) is 23.4 Å². The molecule has 0 radical (unpaired) electrons. The lowest BCUT2D eigenvalue weighted by molar-refractivity contribution is 0.318. The van der Waals surface area contributed by atoms with Crippen LogP contribution >= 0.6 is 0 Å². The van der Waals surface area contributed by atoms with Crippen molar-refractivity contribution in [2.45, 2.75) is 25.9 Å². The first-order valence-electron chi connectivity index (χ1n) is 6.00. The van der Waals surface area contributed by atoms with Crippen molar-refractivity contribution < 1.29 is 9.94 Å². The number of ether oxygens (including phenoxy) is 1. The van der Waals surface area contributed by atoms with Crippen molar-refractivity contribution in [3.8, 4) is 18.1 Å². The van der Waals surface area contributed by atoms with Gasteiger partial charge in [0.1, 0.15) is 5.75 Å². The van der Waals surface area contributed by atoms with Crippen LogP contribution < -0.4 is 15.8 Å². The van der Waals surface area contributed by atoms with E-state index in [9.17, 15) is 0 Å². The van der Waals surface area contributed by atoms with Gasteiger partial charge in [0.05, 0.1) is 18.7 Å². The Bertz CT molecular complexity index is 492. The van der Waals surface area contributed by atoms with Crippen LogP contribution in [-0.4, -0.2) is 24.2 Å². The maximum absolute atomic E-state index is 8.69. The summed E-state index contributed by atoms with van der Waals surface area (Å²) in [5.74, 6) is 3.25. The van der Waals surface area contributed by atoms with E-state index in [4.69, 9.17) is 22.1 Å². The van der Waals surface area contributed by atoms with Crippen molar-refractivity contribution in [1.29, 1.82) is 0 Å². The van der Waals surface area contributed by atoms with E-state index >= 15 is 0 Å². The fourth-order valence-electron chi connectivity index (χ4n) is 1.67. The molecule has 0 aliphatic heterocycles. The lowest BCUT2D eigenvalue weighted by Crippen LogP contribution is -2.26. The van der Waals surface area contributed by atoms with Gasteiger partial charge in [-0.2, -0.15) is 0 Å². The Balaban J connectivity index is 2.86. The highest BCUT2D eigenvalue weighted by atomic mass is 16.5. The maximum Gasteiger partial charge on any atom is 0.173 e. The van der Waals surface area contributed by atoms with Gasteiger partial charge < -0.3 is 15.7 Å². The van der Waals surface area contributed by atoms with E-state index in [2.05, 4.69) is 16.4 Å². The molecular weight excluding hydrogens is 242 g/mol. The van der Waals surface area contributed by atoms with Gasteiger partial charge in [-0.05, 0) is 24.1 Å². The van der Waals surface area contributed by atoms with E-state index in [-0.39, 0.29) is 11.9 Å². The van der Waals surface area contributed by atoms with Crippen LogP contribution in [0.1, 0.15) is 24.5 Å². The Kier molecular flexibility index (Phi) is 5.71. The highest BCUT2D eigenvalue weighted by molar-refractivity contribution is 5.99. The number of benzene rings is 1. The molecule has 4 N–H and O–H groups in total. The molecule has 1 aromatic carbocycles. The van der Waals surface area contributed by atoms with Crippen molar-refractivity contribution in [2.75, 3.05) is 7.11 Å². The van der Waals surface area contributed by atoms with Crippen LogP contribution in [-0.2, 0) is 6.54 Å². The van der Waals surface area contributed by atoms with Crippen molar-refractivity contribution in [2.24, 2.45) is 10.9 Å². The number of nitrogens with two attached hydrogens (primary N) is 1. The van der Waals surface area contributed by atoms with E-state index in [1.165, 1.54) is 7.11 Å².